The molecule has 1 N–H and O–H groups in total. The minimum atomic E-state index is 0.188. The molecule has 1 aliphatic rings. The van der Waals surface area contributed by atoms with Gasteiger partial charge in [-0.3, -0.25) is 4.57 Å². The van der Waals surface area contributed by atoms with Gasteiger partial charge in [-0.2, -0.15) is 15.0 Å². The number of nitrogens with zero attached hydrogens (tertiary/aromatic N) is 5. The highest BCUT2D eigenvalue weighted by Gasteiger charge is 2.31. The zero-order valence-electron chi connectivity index (χ0n) is 12.1. The van der Waals surface area contributed by atoms with Gasteiger partial charge < -0.3 is 5.32 Å². The van der Waals surface area contributed by atoms with Gasteiger partial charge in [0.05, 0.1) is 0 Å². The second kappa shape index (κ2) is 5.97. The van der Waals surface area contributed by atoms with E-state index in [1.807, 2.05) is 0 Å². The first-order chi connectivity index (χ1) is 10.2. The van der Waals surface area contributed by atoms with Gasteiger partial charge in [0.25, 0.3) is 0 Å². The van der Waals surface area contributed by atoms with E-state index in [9.17, 15) is 0 Å². The molecule has 0 radical (unpaired) electrons. The van der Waals surface area contributed by atoms with Crippen LogP contribution in [-0.4, -0.2) is 31.0 Å². The summed E-state index contributed by atoms with van der Waals surface area (Å²) in [5.74, 6) is 1.00. The van der Waals surface area contributed by atoms with Gasteiger partial charge in [-0.15, -0.1) is 0 Å². The van der Waals surface area contributed by atoms with Crippen molar-refractivity contribution in [3.05, 3.63) is 24.0 Å². The predicted molar refractivity (Wildman–Crippen MR) is 81.6 cm³/mol. The predicted octanol–water partition coefficient (Wildman–Crippen LogP) is 3.09. The standard InChI is InChI=1S/C14H19ClN6/c1-2-14(5-3-4-6-14)9-17-12-18-11(15)19-13(20-12)21-8-7-16-10-21/h7-8,10H,2-6,9H2,1H3,(H,17,18,19,20). The number of nitrogens with one attached hydrogen (secondary N) is 1. The molecule has 1 saturated carbocycles. The van der Waals surface area contributed by atoms with E-state index < -0.39 is 0 Å². The van der Waals surface area contributed by atoms with Crippen LogP contribution in [0.5, 0.6) is 0 Å². The maximum Gasteiger partial charge on any atom is 0.241 e. The Morgan fingerprint density at radius 3 is 2.76 bits per heavy atom. The van der Waals surface area contributed by atoms with E-state index in [2.05, 4.69) is 32.2 Å². The van der Waals surface area contributed by atoms with Crippen LogP contribution < -0.4 is 5.32 Å². The molecule has 0 aromatic carbocycles. The normalized spacial score (nSPS) is 17.0. The van der Waals surface area contributed by atoms with Gasteiger partial charge in [-0.1, -0.05) is 19.8 Å². The molecule has 2 aromatic rings. The first kappa shape index (κ1) is 14.3. The molecule has 0 bridgehead atoms. The van der Waals surface area contributed by atoms with Crippen molar-refractivity contribution in [1.82, 2.24) is 24.5 Å². The Balaban J connectivity index is 1.76. The molecule has 2 aromatic heterocycles. The van der Waals surface area contributed by atoms with Crippen LogP contribution in [0.3, 0.4) is 0 Å². The minimum Gasteiger partial charge on any atom is -0.353 e. The van der Waals surface area contributed by atoms with Gasteiger partial charge in [0.15, 0.2) is 0 Å². The largest absolute Gasteiger partial charge is 0.353 e. The van der Waals surface area contributed by atoms with E-state index >= 15 is 0 Å². The number of imidazole rings is 1. The molecule has 0 unspecified atom stereocenters. The molecule has 0 aliphatic heterocycles. The molecule has 0 spiro atoms. The molecule has 6 nitrogen and oxygen atoms in total. The summed E-state index contributed by atoms with van der Waals surface area (Å²) in [5.41, 5.74) is 0.369. The lowest BCUT2D eigenvalue weighted by atomic mass is 9.83. The second-order valence-corrected chi connectivity index (χ2v) is 5.95. The van der Waals surface area contributed by atoms with E-state index in [0.717, 1.165) is 6.54 Å². The summed E-state index contributed by atoms with van der Waals surface area (Å²) >= 11 is 5.99. The van der Waals surface area contributed by atoms with E-state index in [-0.39, 0.29) is 5.28 Å². The molecule has 3 rings (SSSR count). The summed E-state index contributed by atoms with van der Waals surface area (Å²) < 4.78 is 1.71. The fraction of sp³-hybridized carbons (Fsp3) is 0.571. The van der Waals surface area contributed by atoms with Crippen LogP contribution in [0.15, 0.2) is 18.7 Å². The van der Waals surface area contributed by atoms with Crippen LogP contribution in [0.4, 0.5) is 5.95 Å². The highest BCUT2D eigenvalue weighted by molar-refractivity contribution is 6.28. The Labute approximate surface area is 129 Å². The first-order valence-electron chi connectivity index (χ1n) is 7.35. The average Bonchev–Trinajstić information content (AvgIpc) is 3.17. The average molecular weight is 307 g/mol. The quantitative estimate of drug-likeness (QED) is 0.919. The van der Waals surface area contributed by atoms with Gasteiger partial charge in [0.1, 0.15) is 6.33 Å². The number of halogens is 1. The van der Waals surface area contributed by atoms with Crippen LogP contribution in [0, 0.1) is 5.41 Å². The SMILES string of the molecule is CCC1(CNc2nc(Cl)nc(-n3ccnc3)n2)CCCC1. The summed E-state index contributed by atoms with van der Waals surface area (Å²) in [6.45, 7) is 3.14. The first-order valence-corrected chi connectivity index (χ1v) is 7.72. The summed E-state index contributed by atoms with van der Waals surface area (Å²) in [6.07, 6.45) is 11.4. The summed E-state index contributed by atoms with van der Waals surface area (Å²) in [5, 5.41) is 3.53. The topological polar surface area (TPSA) is 68.5 Å². The fourth-order valence-corrected chi connectivity index (χ4v) is 3.11. The van der Waals surface area contributed by atoms with Gasteiger partial charge in [-0.05, 0) is 36.3 Å². The highest BCUT2D eigenvalue weighted by atomic mass is 35.5. The Kier molecular flexibility index (Phi) is 4.05. The summed E-state index contributed by atoms with van der Waals surface area (Å²) in [7, 11) is 0. The zero-order chi connectivity index (χ0) is 14.7. The lowest BCUT2D eigenvalue weighted by Gasteiger charge is -2.27. The molecule has 1 fully saturated rings. The molecular formula is C14H19ClN6. The van der Waals surface area contributed by atoms with Crippen LogP contribution in [-0.2, 0) is 0 Å². The lowest BCUT2D eigenvalue weighted by Crippen LogP contribution is -2.26. The van der Waals surface area contributed by atoms with Gasteiger partial charge in [-0.25, -0.2) is 4.98 Å². The van der Waals surface area contributed by atoms with Crippen molar-refractivity contribution < 1.29 is 0 Å². The van der Waals surface area contributed by atoms with Crippen molar-refractivity contribution in [2.45, 2.75) is 39.0 Å². The number of anilines is 1. The van der Waals surface area contributed by atoms with Crippen LogP contribution in [0.2, 0.25) is 5.28 Å². The van der Waals surface area contributed by atoms with E-state index in [4.69, 9.17) is 11.6 Å². The van der Waals surface area contributed by atoms with E-state index in [0.29, 0.717) is 17.3 Å². The van der Waals surface area contributed by atoms with Crippen molar-refractivity contribution in [2.24, 2.45) is 5.41 Å². The lowest BCUT2D eigenvalue weighted by molar-refractivity contribution is 0.306. The maximum absolute atomic E-state index is 5.99. The molecule has 112 valence electrons. The zero-order valence-corrected chi connectivity index (χ0v) is 12.8. The highest BCUT2D eigenvalue weighted by Crippen LogP contribution is 2.40. The Morgan fingerprint density at radius 2 is 2.10 bits per heavy atom. The van der Waals surface area contributed by atoms with Crippen molar-refractivity contribution in [2.75, 3.05) is 11.9 Å². The van der Waals surface area contributed by atoms with Crippen LogP contribution in [0.25, 0.3) is 5.95 Å². The number of hydrogen-bond acceptors (Lipinski definition) is 5. The molecule has 1 aliphatic carbocycles. The van der Waals surface area contributed by atoms with Crippen LogP contribution in [0.1, 0.15) is 39.0 Å². The molecular weight excluding hydrogens is 288 g/mol. The van der Waals surface area contributed by atoms with Crippen molar-refractivity contribution in [1.29, 1.82) is 0 Å². The third kappa shape index (κ3) is 3.15. The molecule has 7 heteroatoms. The summed E-state index contributed by atoms with van der Waals surface area (Å²) in [4.78, 5) is 16.7. The Hall–Kier alpha value is -1.69. The molecule has 2 heterocycles. The Morgan fingerprint density at radius 1 is 1.29 bits per heavy atom. The van der Waals surface area contributed by atoms with Gasteiger partial charge >= 0.3 is 0 Å². The van der Waals surface area contributed by atoms with Gasteiger partial charge in [0, 0.05) is 18.9 Å². The number of rotatable bonds is 5. The smallest absolute Gasteiger partial charge is 0.241 e. The monoisotopic (exact) mass is 306 g/mol. The third-order valence-corrected chi connectivity index (χ3v) is 4.54. The van der Waals surface area contributed by atoms with E-state index in [1.165, 1.54) is 32.1 Å². The Bertz CT molecular complexity index is 592. The van der Waals surface area contributed by atoms with Crippen molar-refractivity contribution in [3.8, 4) is 5.95 Å². The minimum absolute atomic E-state index is 0.188. The third-order valence-electron chi connectivity index (χ3n) is 4.37. The molecule has 0 atom stereocenters. The fourth-order valence-electron chi connectivity index (χ4n) is 2.96. The molecule has 21 heavy (non-hydrogen) atoms. The van der Waals surface area contributed by atoms with Gasteiger partial charge in [0.2, 0.25) is 17.2 Å². The number of hydrogen-bond donors (Lipinski definition) is 1. The van der Waals surface area contributed by atoms with E-state index in [1.54, 1.807) is 23.3 Å². The van der Waals surface area contributed by atoms with Crippen molar-refractivity contribution >= 4 is 17.5 Å². The second-order valence-electron chi connectivity index (χ2n) is 5.61. The van der Waals surface area contributed by atoms with Crippen molar-refractivity contribution in [3.63, 3.8) is 0 Å². The molecule has 0 saturated heterocycles. The molecule has 0 amide bonds. The maximum atomic E-state index is 5.99. The summed E-state index contributed by atoms with van der Waals surface area (Å²) in [6, 6.07) is 0. The van der Waals surface area contributed by atoms with Crippen LogP contribution >= 0.6 is 11.6 Å². The number of aromatic nitrogens is 5.